The summed E-state index contributed by atoms with van der Waals surface area (Å²) in [6.07, 6.45) is 0. The third-order valence-corrected chi connectivity index (χ3v) is 5.01. The molecule has 1 aromatic rings. The Labute approximate surface area is 120 Å². The van der Waals surface area contributed by atoms with Gasteiger partial charge >= 0.3 is 5.97 Å². The minimum absolute atomic E-state index is 0.245. The Morgan fingerprint density at radius 1 is 1.10 bits per heavy atom. The first kappa shape index (κ1) is 14.8. The fraction of sp³-hybridized carbons (Fsp3) is 0.529. The van der Waals surface area contributed by atoms with Gasteiger partial charge in [0, 0.05) is 5.92 Å². The largest absolute Gasteiger partial charge is 0.480 e. The molecule has 1 aromatic carbocycles. The van der Waals surface area contributed by atoms with Crippen LogP contribution in [0.5, 0.6) is 0 Å². The topological polar surface area (TPSA) is 54.4 Å². The first-order valence-corrected chi connectivity index (χ1v) is 6.90. The summed E-state index contributed by atoms with van der Waals surface area (Å²) in [4.78, 5) is 23.9. The van der Waals surface area contributed by atoms with Gasteiger partial charge in [-0.3, -0.25) is 9.59 Å². The van der Waals surface area contributed by atoms with Crippen molar-refractivity contribution in [2.24, 2.45) is 10.8 Å². The molecular weight excluding hydrogens is 252 g/mol. The van der Waals surface area contributed by atoms with E-state index in [2.05, 4.69) is 12.1 Å². The molecule has 0 spiro atoms. The highest BCUT2D eigenvalue weighted by Gasteiger charge is 2.79. The molecule has 108 valence electrons. The molecule has 0 aliphatic heterocycles. The molecule has 20 heavy (non-hydrogen) atoms. The van der Waals surface area contributed by atoms with Crippen molar-refractivity contribution in [1.29, 1.82) is 0 Å². The SMILES string of the molecule is CC(=O)C1(C(=O)O)C(c2c(C)cc(C)cc2C)C1(C)C. The van der Waals surface area contributed by atoms with E-state index >= 15 is 0 Å². The number of carboxylic acids is 1. The number of hydrogen-bond donors (Lipinski definition) is 1. The van der Waals surface area contributed by atoms with Gasteiger partial charge in [0.05, 0.1) is 0 Å². The lowest BCUT2D eigenvalue weighted by Crippen LogP contribution is -2.29. The first-order chi connectivity index (χ1) is 9.08. The van der Waals surface area contributed by atoms with Gasteiger partial charge in [-0.2, -0.15) is 0 Å². The van der Waals surface area contributed by atoms with E-state index in [0.29, 0.717) is 0 Å². The molecule has 0 bridgehead atoms. The molecule has 0 saturated heterocycles. The number of carbonyl (C=O) groups is 2. The second-order valence-corrected chi connectivity index (χ2v) is 6.64. The van der Waals surface area contributed by atoms with Gasteiger partial charge in [-0.25, -0.2) is 0 Å². The number of aryl methyl sites for hydroxylation is 3. The number of benzene rings is 1. The van der Waals surface area contributed by atoms with Crippen molar-refractivity contribution in [3.8, 4) is 0 Å². The molecule has 0 radical (unpaired) electrons. The molecule has 3 nitrogen and oxygen atoms in total. The third-order valence-electron chi connectivity index (χ3n) is 5.01. The Morgan fingerprint density at radius 3 is 1.85 bits per heavy atom. The van der Waals surface area contributed by atoms with E-state index in [1.54, 1.807) is 0 Å². The maximum atomic E-state index is 12.1. The van der Waals surface area contributed by atoms with Gasteiger partial charge < -0.3 is 5.11 Å². The molecule has 2 unspecified atom stereocenters. The number of Topliss-reactive ketones (excluding diaryl/α,β-unsaturated/α-hetero) is 1. The third kappa shape index (κ3) is 1.58. The van der Waals surface area contributed by atoms with Crippen LogP contribution in [0.4, 0.5) is 0 Å². The van der Waals surface area contributed by atoms with E-state index < -0.39 is 16.8 Å². The summed E-state index contributed by atoms with van der Waals surface area (Å²) >= 11 is 0. The van der Waals surface area contributed by atoms with Crippen molar-refractivity contribution in [3.63, 3.8) is 0 Å². The number of carbonyl (C=O) groups excluding carboxylic acids is 1. The van der Waals surface area contributed by atoms with Crippen LogP contribution in [0.3, 0.4) is 0 Å². The van der Waals surface area contributed by atoms with E-state index in [1.807, 2.05) is 34.6 Å². The normalized spacial score (nSPS) is 27.2. The number of rotatable bonds is 3. The van der Waals surface area contributed by atoms with Gasteiger partial charge in [0.1, 0.15) is 11.2 Å². The van der Waals surface area contributed by atoms with Gasteiger partial charge in [0.2, 0.25) is 0 Å². The molecule has 1 saturated carbocycles. The van der Waals surface area contributed by atoms with Gasteiger partial charge in [0.15, 0.2) is 0 Å². The zero-order valence-electron chi connectivity index (χ0n) is 13.0. The minimum atomic E-state index is -1.28. The molecule has 1 aliphatic carbocycles. The second kappa shape index (κ2) is 4.18. The van der Waals surface area contributed by atoms with Crippen LogP contribution >= 0.6 is 0 Å². The summed E-state index contributed by atoms with van der Waals surface area (Å²) in [5.74, 6) is -1.50. The molecule has 2 rings (SSSR count). The number of hydrogen-bond acceptors (Lipinski definition) is 2. The molecule has 0 amide bonds. The Balaban J connectivity index is 2.67. The summed E-state index contributed by atoms with van der Waals surface area (Å²) < 4.78 is 0. The number of ketones is 1. The van der Waals surface area contributed by atoms with Crippen LogP contribution in [0.25, 0.3) is 0 Å². The predicted octanol–water partition coefficient (Wildman–Crippen LogP) is 3.40. The van der Waals surface area contributed by atoms with Crippen LogP contribution < -0.4 is 0 Å². The highest BCUT2D eigenvalue weighted by molar-refractivity contribution is 6.08. The van der Waals surface area contributed by atoms with E-state index in [1.165, 1.54) is 6.92 Å². The van der Waals surface area contributed by atoms with Crippen LogP contribution in [0.2, 0.25) is 0 Å². The van der Waals surface area contributed by atoms with E-state index in [0.717, 1.165) is 22.3 Å². The predicted molar refractivity (Wildman–Crippen MR) is 77.9 cm³/mol. The van der Waals surface area contributed by atoms with E-state index in [9.17, 15) is 14.7 Å². The molecule has 0 aromatic heterocycles. The van der Waals surface area contributed by atoms with Crippen LogP contribution in [-0.2, 0) is 9.59 Å². The van der Waals surface area contributed by atoms with Crippen LogP contribution in [0.1, 0.15) is 48.9 Å². The summed E-state index contributed by atoms with van der Waals surface area (Å²) in [6, 6.07) is 4.12. The number of carboxylic acid groups (broad SMARTS) is 1. The summed E-state index contributed by atoms with van der Waals surface area (Å²) in [7, 11) is 0. The monoisotopic (exact) mass is 274 g/mol. The van der Waals surface area contributed by atoms with Gasteiger partial charge in [-0.05, 0) is 49.8 Å². The van der Waals surface area contributed by atoms with Crippen molar-refractivity contribution in [2.75, 3.05) is 0 Å². The lowest BCUT2D eigenvalue weighted by Gasteiger charge is -2.14. The van der Waals surface area contributed by atoms with Crippen LogP contribution in [0.15, 0.2) is 12.1 Å². The Kier molecular flexibility index (Phi) is 3.08. The van der Waals surface area contributed by atoms with E-state index in [-0.39, 0.29) is 11.7 Å². The lowest BCUT2D eigenvalue weighted by atomic mass is 9.89. The lowest BCUT2D eigenvalue weighted by molar-refractivity contribution is -0.149. The Bertz CT molecular complexity index is 574. The smallest absolute Gasteiger partial charge is 0.318 e. The maximum absolute atomic E-state index is 12.1. The quantitative estimate of drug-likeness (QED) is 0.859. The van der Waals surface area contributed by atoms with Crippen molar-refractivity contribution < 1.29 is 14.7 Å². The van der Waals surface area contributed by atoms with Crippen molar-refractivity contribution in [2.45, 2.75) is 47.5 Å². The van der Waals surface area contributed by atoms with Crippen molar-refractivity contribution >= 4 is 11.8 Å². The molecule has 3 heteroatoms. The molecular formula is C17H22O3. The highest BCUT2D eigenvalue weighted by atomic mass is 16.4. The molecule has 0 heterocycles. The standard InChI is InChI=1S/C17H22O3/c1-9-7-10(2)13(11(3)8-9)14-16(5,6)17(14,12(4)18)15(19)20/h7-8,14H,1-6H3,(H,19,20). The van der Waals surface area contributed by atoms with Gasteiger partial charge in [-0.15, -0.1) is 0 Å². The average molecular weight is 274 g/mol. The summed E-state index contributed by atoms with van der Waals surface area (Å²) in [5.41, 5.74) is 2.51. The first-order valence-electron chi connectivity index (χ1n) is 6.90. The highest BCUT2D eigenvalue weighted by Crippen LogP contribution is 2.75. The fourth-order valence-corrected chi connectivity index (χ4v) is 4.19. The molecule has 1 aliphatic rings. The number of aliphatic carboxylic acids is 1. The Hall–Kier alpha value is -1.64. The summed E-state index contributed by atoms with van der Waals surface area (Å²) in [5, 5.41) is 9.66. The average Bonchev–Trinajstić information content (AvgIpc) is 2.75. The molecule has 2 atom stereocenters. The molecule has 1 fully saturated rings. The summed E-state index contributed by atoms with van der Waals surface area (Å²) in [6.45, 7) is 11.2. The minimum Gasteiger partial charge on any atom is -0.480 e. The van der Waals surface area contributed by atoms with Crippen LogP contribution in [0, 0.1) is 31.6 Å². The fourth-order valence-electron chi connectivity index (χ4n) is 4.19. The zero-order valence-corrected chi connectivity index (χ0v) is 13.0. The second-order valence-electron chi connectivity index (χ2n) is 6.64. The van der Waals surface area contributed by atoms with Gasteiger partial charge in [-0.1, -0.05) is 31.5 Å². The zero-order chi connectivity index (χ0) is 15.5. The van der Waals surface area contributed by atoms with E-state index in [4.69, 9.17) is 0 Å². The van der Waals surface area contributed by atoms with Crippen molar-refractivity contribution in [3.05, 3.63) is 34.4 Å². The maximum Gasteiger partial charge on any atom is 0.318 e. The molecule has 1 N–H and O–H groups in total. The van der Waals surface area contributed by atoms with Gasteiger partial charge in [0.25, 0.3) is 0 Å². The Morgan fingerprint density at radius 2 is 1.55 bits per heavy atom. The van der Waals surface area contributed by atoms with Crippen LogP contribution in [-0.4, -0.2) is 16.9 Å². The van der Waals surface area contributed by atoms with Crippen molar-refractivity contribution in [1.82, 2.24) is 0 Å².